The summed E-state index contributed by atoms with van der Waals surface area (Å²) in [6.45, 7) is 5.04. The summed E-state index contributed by atoms with van der Waals surface area (Å²) >= 11 is 0. The first-order chi connectivity index (χ1) is 25.5. The number of hydrogen-bond acceptors (Lipinski definition) is 4. The van der Waals surface area contributed by atoms with E-state index in [4.69, 9.17) is 5.11 Å². The molecule has 3 saturated carbocycles. The smallest absolute Gasteiger partial charge is 0.303 e. The minimum absolute atomic E-state index is 0.320. The monoisotopic (exact) mass is 712 g/mol. The van der Waals surface area contributed by atoms with E-state index in [1.54, 1.807) is 0 Å². The number of carbonyl (C=O) groups is 2. The van der Waals surface area contributed by atoms with Crippen LogP contribution in [0.4, 0.5) is 0 Å². The van der Waals surface area contributed by atoms with Crippen molar-refractivity contribution in [2.45, 2.75) is 153 Å². The normalized spacial score (nSPS) is 27.3. The Hall–Kier alpha value is -2.70. The fourth-order valence-corrected chi connectivity index (χ4v) is 10.6. The Morgan fingerprint density at radius 3 is 1.40 bits per heavy atom. The van der Waals surface area contributed by atoms with Crippen molar-refractivity contribution in [3.05, 3.63) is 71.8 Å². The molecule has 0 spiro atoms. The van der Waals surface area contributed by atoms with Gasteiger partial charge in [-0.3, -0.25) is 19.4 Å². The second-order valence-corrected chi connectivity index (χ2v) is 17.3. The van der Waals surface area contributed by atoms with Gasteiger partial charge in [-0.05, 0) is 164 Å². The summed E-state index contributed by atoms with van der Waals surface area (Å²) < 4.78 is 0. The van der Waals surface area contributed by atoms with Gasteiger partial charge in [-0.2, -0.15) is 0 Å². The molecule has 52 heavy (non-hydrogen) atoms. The quantitative estimate of drug-likeness (QED) is 0.217. The number of nitrogens with zero attached hydrogens (tertiary/aromatic N) is 2. The minimum Gasteiger partial charge on any atom is -0.481 e. The average Bonchev–Trinajstić information content (AvgIpc) is 3.91. The number of carbonyl (C=O) groups excluding carboxylic acids is 1. The molecule has 2 unspecified atom stereocenters. The van der Waals surface area contributed by atoms with Crippen LogP contribution in [0.15, 0.2) is 60.7 Å². The van der Waals surface area contributed by atoms with Crippen LogP contribution in [0.1, 0.15) is 133 Å². The Labute approximate surface area is 315 Å². The molecule has 2 atom stereocenters. The molecular weight excluding hydrogens is 643 g/mol. The predicted octanol–water partition coefficient (Wildman–Crippen LogP) is 9.31. The van der Waals surface area contributed by atoms with Crippen molar-refractivity contribution >= 4 is 11.9 Å². The van der Waals surface area contributed by atoms with Gasteiger partial charge in [0.1, 0.15) is 0 Å². The van der Waals surface area contributed by atoms with E-state index in [1.807, 2.05) is 0 Å². The lowest BCUT2D eigenvalue weighted by molar-refractivity contribution is -0.138. The van der Waals surface area contributed by atoms with Gasteiger partial charge in [0.15, 0.2) is 0 Å². The molecule has 6 nitrogen and oxygen atoms in total. The van der Waals surface area contributed by atoms with Crippen LogP contribution in [0.2, 0.25) is 0 Å². The molecule has 7 rings (SSSR count). The van der Waals surface area contributed by atoms with Gasteiger partial charge in [-0.15, -0.1) is 0 Å². The van der Waals surface area contributed by atoms with Crippen LogP contribution >= 0.6 is 0 Å². The molecule has 2 aliphatic heterocycles. The topological polar surface area (TPSA) is 72.9 Å². The molecule has 5 fully saturated rings. The zero-order valence-electron chi connectivity index (χ0n) is 32.2. The van der Waals surface area contributed by atoms with Crippen molar-refractivity contribution < 1.29 is 14.7 Å². The number of benzene rings is 2. The van der Waals surface area contributed by atoms with Gasteiger partial charge in [0, 0.05) is 31.0 Å². The summed E-state index contributed by atoms with van der Waals surface area (Å²) in [5, 5.41) is 12.3. The van der Waals surface area contributed by atoms with Crippen LogP contribution in [-0.2, 0) is 22.4 Å². The maximum absolute atomic E-state index is 12.5. The van der Waals surface area contributed by atoms with Crippen molar-refractivity contribution in [3.63, 3.8) is 0 Å². The maximum atomic E-state index is 12.5. The van der Waals surface area contributed by atoms with Crippen LogP contribution in [0.5, 0.6) is 0 Å². The van der Waals surface area contributed by atoms with Gasteiger partial charge in [-0.1, -0.05) is 79.9 Å². The number of hydrogen-bond donors (Lipinski definition) is 2. The molecule has 0 aromatic heterocycles. The summed E-state index contributed by atoms with van der Waals surface area (Å²) in [4.78, 5) is 28.9. The molecule has 0 bridgehead atoms. The first-order valence-electron chi connectivity index (χ1n) is 21.6. The zero-order chi connectivity index (χ0) is 36.0. The lowest BCUT2D eigenvalue weighted by Gasteiger charge is -2.39. The average molecular weight is 712 g/mol. The van der Waals surface area contributed by atoms with E-state index >= 15 is 0 Å². The van der Waals surface area contributed by atoms with Crippen LogP contribution < -0.4 is 5.32 Å². The highest BCUT2D eigenvalue weighted by Crippen LogP contribution is 2.38. The first-order valence-corrected chi connectivity index (χ1v) is 21.6. The van der Waals surface area contributed by atoms with Gasteiger partial charge in [-0.25, -0.2) is 0 Å². The minimum atomic E-state index is -0.631. The fraction of sp³-hybridized carbons (Fsp3) is 0.696. The predicted molar refractivity (Wildman–Crippen MR) is 212 cm³/mol. The lowest BCUT2D eigenvalue weighted by Crippen LogP contribution is -2.42. The third kappa shape index (κ3) is 12.2. The van der Waals surface area contributed by atoms with E-state index < -0.39 is 5.97 Å². The van der Waals surface area contributed by atoms with Gasteiger partial charge in [0.2, 0.25) is 5.91 Å². The van der Waals surface area contributed by atoms with E-state index in [2.05, 4.69) is 75.8 Å². The van der Waals surface area contributed by atoms with Crippen molar-refractivity contribution in [1.82, 2.24) is 15.1 Å². The summed E-state index contributed by atoms with van der Waals surface area (Å²) in [7, 11) is 0. The third-order valence-electron chi connectivity index (χ3n) is 13.6. The number of carboxylic acids is 1. The maximum Gasteiger partial charge on any atom is 0.303 e. The Morgan fingerprint density at radius 2 is 0.981 bits per heavy atom. The highest BCUT2D eigenvalue weighted by Gasteiger charge is 2.35. The molecule has 0 radical (unpaired) electrons. The molecule has 2 N–H and O–H groups in total. The lowest BCUT2D eigenvalue weighted by atomic mass is 9.75. The van der Waals surface area contributed by atoms with E-state index in [0.717, 1.165) is 37.5 Å². The molecule has 1 amide bonds. The highest BCUT2D eigenvalue weighted by molar-refractivity contribution is 5.76. The molecule has 2 heterocycles. The molecule has 2 saturated heterocycles. The Balaban J connectivity index is 0.000000183. The van der Waals surface area contributed by atoms with Crippen molar-refractivity contribution in [2.75, 3.05) is 26.2 Å². The largest absolute Gasteiger partial charge is 0.481 e. The summed E-state index contributed by atoms with van der Waals surface area (Å²) in [5.74, 6) is 2.23. The first kappa shape index (κ1) is 39.0. The van der Waals surface area contributed by atoms with Crippen LogP contribution in [0.3, 0.4) is 0 Å². The Kier molecular flexibility index (Phi) is 15.5. The number of amides is 1. The number of nitrogens with one attached hydrogen (secondary N) is 1. The molecular formula is C46H69N3O3. The summed E-state index contributed by atoms with van der Waals surface area (Å²) in [5.41, 5.74) is 2.93. The molecule has 3 aliphatic carbocycles. The second kappa shape index (κ2) is 20.7. The second-order valence-electron chi connectivity index (χ2n) is 17.3. The van der Waals surface area contributed by atoms with E-state index in [0.29, 0.717) is 42.3 Å². The van der Waals surface area contributed by atoms with Crippen molar-refractivity contribution in [3.8, 4) is 0 Å². The summed E-state index contributed by atoms with van der Waals surface area (Å²) in [6.07, 6.45) is 24.8. The molecule has 2 aromatic rings. The number of carboxylic acid groups (broad SMARTS) is 1. The van der Waals surface area contributed by atoms with Gasteiger partial charge in [0.25, 0.3) is 0 Å². The number of likely N-dealkylation sites (tertiary alicyclic amines) is 2. The van der Waals surface area contributed by atoms with E-state index in [1.165, 1.54) is 140 Å². The van der Waals surface area contributed by atoms with E-state index in [-0.39, 0.29) is 0 Å². The van der Waals surface area contributed by atoms with Gasteiger partial charge >= 0.3 is 5.97 Å². The van der Waals surface area contributed by atoms with Crippen LogP contribution in [-0.4, -0.2) is 71.1 Å². The zero-order valence-corrected chi connectivity index (χ0v) is 32.2. The summed E-state index contributed by atoms with van der Waals surface area (Å²) in [6, 6.07) is 23.7. The van der Waals surface area contributed by atoms with Crippen LogP contribution in [0.25, 0.3) is 0 Å². The molecule has 5 aliphatic rings. The van der Waals surface area contributed by atoms with Crippen molar-refractivity contribution in [2.24, 2.45) is 23.7 Å². The highest BCUT2D eigenvalue weighted by atomic mass is 16.4. The van der Waals surface area contributed by atoms with Crippen molar-refractivity contribution in [1.29, 1.82) is 0 Å². The van der Waals surface area contributed by atoms with Crippen LogP contribution in [0, 0.1) is 23.7 Å². The fourth-order valence-electron chi connectivity index (χ4n) is 10.6. The van der Waals surface area contributed by atoms with E-state index in [9.17, 15) is 9.59 Å². The number of aliphatic carboxylic acids is 1. The Bertz CT molecular complexity index is 1300. The molecule has 286 valence electrons. The standard InChI is InChI=1S/C26H40N2O.C20H29NO2/c29-26(27-24-11-5-2-6-12-24)20-22-13-15-23(16-14-22)25(28-17-7-8-18-28)19-21-9-3-1-4-10-21;22-20(23)15-17-8-10-18(11-9-17)19(21-12-4-5-13-21)14-16-6-2-1-3-7-16/h1,3-4,9-10,22-25H,2,5-8,11-20H2,(H,27,29);1-3,6-7,17-19H,4-5,8-15H2,(H,22,23). The Morgan fingerprint density at radius 1 is 0.558 bits per heavy atom. The SMILES string of the molecule is O=C(CC1CCC(C(Cc2ccccc2)N2CCCC2)CC1)NC1CCCCC1.O=C(O)CC1CCC(C(Cc2ccccc2)N2CCCC2)CC1. The van der Waals surface area contributed by atoms with Gasteiger partial charge in [0.05, 0.1) is 0 Å². The molecule has 6 heteroatoms. The number of rotatable bonds is 13. The van der Waals surface area contributed by atoms with Gasteiger partial charge < -0.3 is 10.4 Å². The molecule has 2 aromatic carbocycles. The third-order valence-corrected chi connectivity index (χ3v) is 13.6.